The van der Waals surface area contributed by atoms with E-state index in [0.29, 0.717) is 48.3 Å². The maximum Gasteiger partial charge on any atom is 0.222 e. The number of allylic oxidation sites excluding steroid dienone is 1. The molecule has 10 N–H and O–H groups in total. The van der Waals surface area contributed by atoms with Crippen LogP contribution in [0.2, 0.25) is 0 Å². The van der Waals surface area contributed by atoms with Gasteiger partial charge in [0, 0.05) is 12.3 Å². The summed E-state index contributed by atoms with van der Waals surface area (Å²) in [6.45, 7) is 13.8. The van der Waals surface area contributed by atoms with E-state index < -0.39 is 135 Å². The number of aliphatic hydroxyl groups is 10. The van der Waals surface area contributed by atoms with E-state index in [0.717, 1.165) is 51.6 Å². The highest BCUT2D eigenvalue weighted by Gasteiger charge is 2.69. The topological polar surface area (TPSA) is 295 Å². The van der Waals surface area contributed by atoms with Gasteiger partial charge in [0.05, 0.1) is 37.1 Å². The van der Waals surface area contributed by atoms with Crippen molar-refractivity contribution in [1.29, 1.82) is 0 Å². The molecule has 4 aliphatic carbocycles. The molecule has 6 aliphatic heterocycles. The van der Waals surface area contributed by atoms with Crippen LogP contribution in [0.1, 0.15) is 106 Å². The van der Waals surface area contributed by atoms with Crippen LogP contribution in [-0.2, 0) is 47.4 Å². The summed E-state index contributed by atoms with van der Waals surface area (Å²) in [5.41, 5.74) is 1.44. The van der Waals surface area contributed by atoms with Gasteiger partial charge in [-0.05, 0) is 113 Å². The standard InChI is InChI=1S/C50H80O20/c1-20-10-15-50(62-18-20)21(2)31-30(69-50)17-29-27-9-8-25-16-26(11-13-47(25,6)28(27)12-14-48(29,31)7)66-43-40(59)42(68-45-39(58)36(55)33(52)23(4)64-45)49(60,19-61-43)70-46-41(37(56)34(53)24(5)65-46)67-44-38(57)35(54)32(51)22(3)63-44/h8,20-24,26-46,51-60H,9-19H2,1-7H3/t20-,21+,22+,23+,24+,26+,27-,28+,29-,30+,31+,32+,33+,34+,35-,36-,37-,38-,39-,40-,41-,42-,43+,44+,45+,46+,47+,48+,49-,50-/m1/s1. The average molecular weight is 1000 g/mol. The third-order valence-corrected chi connectivity index (χ3v) is 19.4. The Kier molecular flexibility index (Phi) is 14.4. The third-order valence-electron chi connectivity index (χ3n) is 19.4. The van der Waals surface area contributed by atoms with Crippen molar-refractivity contribution in [3.63, 3.8) is 0 Å². The van der Waals surface area contributed by atoms with Crippen molar-refractivity contribution < 1.29 is 98.4 Å². The molecule has 0 aromatic carbocycles. The monoisotopic (exact) mass is 1000 g/mol. The van der Waals surface area contributed by atoms with Gasteiger partial charge in [-0.2, -0.15) is 0 Å². The Morgan fingerprint density at radius 3 is 1.90 bits per heavy atom. The van der Waals surface area contributed by atoms with E-state index in [4.69, 9.17) is 47.4 Å². The molecule has 20 heteroatoms. The SMILES string of the molecule is C[C@@H]1CC[C@@]2(OC1)O[C@H]1C[C@@H]3[C@@H]4CC=C5C[C@@H](O[C@@H]6OC[C@@](O)(O[C@@H]7O[C@@H](C)[C@H](O)[C@@H](O)[C@H]7O[C@@H]7O[C@@H](C)[C@H](O)[C@@H](O)[C@H]7O)[C@H](O[C@@H]7O[C@@H](C)[C@H](O)[C@@H](O)[C@H]7O)[C@H]6O)CC[C@]5(C)[C@H]4CC[C@]3(C)[C@H]1[C@@H]2C. The van der Waals surface area contributed by atoms with E-state index in [1.807, 2.05) is 0 Å². The lowest BCUT2D eigenvalue weighted by molar-refractivity contribution is -0.447. The fourth-order valence-electron chi connectivity index (χ4n) is 15.1. The van der Waals surface area contributed by atoms with Gasteiger partial charge < -0.3 is 98.4 Å². The summed E-state index contributed by atoms with van der Waals surface area (Å²) in [5.74, 6) is -0.264. The van der Waals surface area contributed by atoms with Crippen molar-refractivity contribution in [2.24, 2.45) is 46.3 Å². The number of rotatable bonds is 8. The largest absolute Gasteiger partial charge is 0.388 e. The van der Waals surface area contributed by atoms with Gasteiger partial charge in [-0.3, -0.25) is 0 Å². The van der Waals surface area contributed by atoms with E-state index in [9.17, 15) is 51.1 Å². The van der Waals surface area contributed by atoms with Crippen molar-refractivity contribution in [2.45, 2.75) is 241 Å². The first-order valence-electron chi connectivity index (χ1n) is 26.1. The summed E-state index contributed by atoms with van der Waals surface area (Å²) in [5, 5.41) is 110. The Hall–Kier alpha value is -1.06. The Balaban J connectivity index is 0.852. The molecule has 20 nitrogen and oxygen atoms in total. The number of ether oxygens (including phenoxy) is 10. The van der Waals surface area contributed by atoms with E-state index >= 15 is 0 Å². The van der Waals surface area contributed by atoms with Gasteiger partial charge in [-0.15, -0.1) is 0 Å². The summed E-state index contributed by atoms with van der Waals surface area (Å²) in [6.07, 6.45) is -18.2. The predicted octanol–water partition coefficient (Wildman–Crippen LogP) is 0.0526. The smallest absolute Gasteiger partial charge is 0.222 e. The molecule has 0 unspecified atom stereocenters. The summed E-state index contributed by atoms with van der Waals surface area (Å²) in [6, 6.07) is 0. The predicted molar refractivity (Wildman–Crippen MR) is 239 cm³/mol. The molecule has 9 fully saturated rings. The lowest BCUT2D eigenvalue weighted by Crippen LogP contribution is -2.70. The molecule has 0 aromatic rings. The Morgan fingerprint density at radius 1 is 0.629 bits per heavy atom. The number of fused-ring (bicyclic) bond motifs is 7. The minimum Gasteiger partial charge on any atom is -0.388 e. The van der Waals surface area contributed by atoms with Gasteiger partial charge in [0.15, 0.2) is 30.9 Å². The quantitative estimate of drug-likeness (QED) is 0.114. The molecule has 0 aromatic heterocycles. The molecule has 400 valence electrons. The van der Waals surface area contributed by atoms with E-state index in [1.54, 1.807) is 0 Å². The van der Waals surface area contributed by atoms with Crippen molar-refractivity contribution in [2.75, 3.05) is 13.2 Å². The van der Waals surface area contributed by atoms with Gasteiger partial charge in [-0.25, -0.2) is 0 Å². The Morgan fingerprint density at radius 2 is 1.26 bits per heavy atom. The molecule has 6 heterocycles. The van der Waals surface area contributed by atoms with E-state index in [2.05, 4.69) is 33.8 Å². The zero-order valence-electron chi connectivity index (χ0n) is 41.4. The zero-order valence-corrected chi connectivity index (χ0v) is 41.4. The number of hydrogen-bond donors (Lipinski definition) is 10. The van der Waals surface area contributed by atoms with Crippen LogP contribution in [-0.4, -0.2) is 199 Å². The van der Waals surface area contributed by atoms with Crippen molar-refractivity contribution >= 4 is 0 Å². The summed E-state index contributed by atoms with van der Waals surface area (Å²) < 4.78 is 61.6. The number of aliphatic hydroxyl groups excluding tert-OH is 9. The molecule has 6 saturated heterocycles. The second-order valence-electron chi connectivity index (χ2n) is 23.6. The second kappa shape index (κ2) is 19.2. The van der Waals surface area contributed by atoms with Crippen molar-refractivity contribution in [3.05, 3.63) is 11.6 Å². The third kappa shape index (κ3) is 8.60. The van der Waals surface area contributed by atoms with E-state index in [-0.39, 0.29) is 16.9 Å². The highest BCUT2D eigenvalue weighted by atomic mass is 16.8. The zero-order chi connectivity index (χ0) is 50.1. The molecular weight excluding hydrogens is 921 g/mol. The second-order valence-corrected chi connectivity index (χ2v) is 23.6. The molecule has 0 radical (unpaired) electrons. The van der Waals surface area contributed by atoms with Gasteiger partial charge in [0.25, 0.3) is 0 Å². The highest BCUT2D eigenvalue weighted by Crippen LogP contribution is 2.71. The minimum absolute atomic E-state index is 0.0526. The summed E-state index contributed by atoms with van der Waals surface area (Å²) >= 11 is 0. The van der Waals surface area contributed by atoms with Gasteiger partial charge in [0.1, 0.15) is 73.8 Å². The fraction of sp³-hybridized carbons (Fsp3) is 0.960. The normalized spacial score (nSPS) is 59.1. The van der Waals surface area contributed by atoms with Crippen LogP contribution in [0.5, 0.6) is 0 Å². The van der Waals surface area contributed by atoms with Gasteiger partial charge in [-0.1, -0.05) is 39.3 Å². The van der Waals surface area contributed by atoms with Crippen LogP contribution in [0.15, 0.2) is 11.6 Å². The van der Waals surface area contributed by atoms with Crippen LogP contribution in [0, 0.1) is 46.3 Å². The average Bonchev–Trinajstić information content (AvgIpc) is 3.77. The van der Waals surface area contributed by atoms with Gasteiger partial charge >= 0.3 is 0 Å². The van der Waals surface area contributed by atoms with Gasteiger partial charge in [0.2, 0.25) is 5.79 Å². The molecule has 70 heavy (non-hydrogen) atoms. The Bertz CT molecular complexity index is 1890. The molecular formula is C50H80O20. The molecule has 0 bridgehead atoms. The fourth-order valence-corrected chi connectivity index (χ4v) is 15.1. The maximum absolute atomic E-state index is 12.4. The lowest BCUT2D eigenvalue weighted by atomic mass is 9.47. The van der Waals surface area contributed by atoms with Crippen molar-refractivity contribution in [3.8, 4) is 0 Å². The highest BCUT2D eigenvalue weighted by molar-refractivity contribution is 5.26. The Labute approximate surface area is 409 Å². The van der Waals surface area contributed by atoms with Crippen LogP contribution in [0.3, 0.4) is 0 Å². The first-order valence-corrected chi connectivity index (χ1v) is 26.1. The van der Waals surface area contributed by atoms with Crippen LogP contribution in [0.4, 0.5) is 0 Å². The molecule has 30 atom stereocenters. The first-order chi connectivity index (χ1) is 33.0. The summed E-state index contributed by atoms with van der Waals surface area (Å²) in [4.78, 5) is 0. The van der Waals surface area contributed by atoms with Crippen molar-refractivity contribution in [1.82, 2.24) is 0 Å². The molecule has 3 saturated carbocycles. The van der Waals surface area contributed by atoms with Crippen LogP contribution in [0.25, 0.3) is 0 Å². The van der Waals surface area contributed by atoms with E-state index in [1.165, 1.54) is 26.3 Å². The minimum atomic E-state index is -2.73. The van der Waals surface area contributed by atoms with Crippen LogP contribution < -0.4 is 0 Å². The summed E-state index contributed by atoms with van der Waals surface area (Å²) in [7, 11) is 0. The lowest BCUT2D eigenvalue weighted by Gasteiger charge is -2.58. The molecule has 0 amide bonds. The molecule has 10 rings (SSSR count). The first kappa shape index (κ1) is 52.4. The number of hydrogen-bond acceptors (Lipinski definition) is 20. The molecule has 1 spiro atoms. The van der Waals surface area contributed by atoms with Crippen LogP contribution >= 0.6 is 0 Å². The molecule has 10 aliphatic rings. The maximum atomic E-state index is 12.4.